The molecule has 9 heteroatoms. The summed E-state index contributed by atoms with van der Waals surface area (Å²) >= 11 is 6.61. The average molecular weight is 545 g/mol. The number of nitrogens with one attached hydrogen (secondary N) is 1. The molecule has 0 bridgehead atoms. The van der Waals surface area contributed by atoms with Gasteiger partial charge < -0.3 is 24.8 Å². The zero-order valence-corrected chi connectivity index (χ0v) is 24.8. The number of carbonyl (C=O) groups excluding carboxylic acids is 1. The van der Waals surface area contributed by atoms with Crippen molar-refractivity contribution in [1.29, 1.82) is 0 Å². The molecule has 0 radical (unpaired) electrons. The Bertz CT molecular complexity index is 1100. The van der Waals surface area contributed by atoms with Gasteiger partial charge >= 0.3 is 0 Å². The molecule has 1 amide bonds. The highest BCUT2D eigenvalue weighted by Gasteiger charge is 2.29. The minimum absolute atomic E-state index is 0.130. The molecule has 1 saturated carbocycles. The van der Waals surface area contributed by atoms with Crippen molar-refractivity contribution >= 4 is 29.0 Å². The van der Waals surface area contributed by atoms with Crippen molar-refractivity contribution in [2.24, 2.45) is 7.05 Å². The lowest BCUT2D eigenvalue weighted by atomic mass is 9.89. The second-order valence-corrected chi connectivity index (χ2v) is 11.4. The van der Waals surface area contributed by atoms with Crippen molar-refractivity contribution < 1.29 is 9.53 Å². The van der Waals surface area contributed by atoms with Crippen LogP contribution in [-0.4, -0.2) is 73.5 Å². The summed E-state index contributed by atoms with van der Waals surface area (Å²) in [6, 6.07) is 4.91. The van der Waals surface area contributed by atoms with Gasteiger partial charge in [-0.05, 0) is 90.6 Å². The first-order chi connectivity index (χ1) is 18.2. The van der Waals surface area contributed by atoms with Crippen molar-refractivity contribution in [2.75, 3.05) is 50.6 Å². The van der Waals surface area contributed by atoms with E-state index in [0.717, 1.165) is 67.9 Å². The van der Waals surface area contributed by atoms with Crippen LogP contribution in [0.25, 0.3) is 0 Å². The van der Waals surface area contributed by atoms with Gasteiger partial charge in [0.05, 0.1) is 19.2 Å². The van der Waals surface area contributed by atoms with Gasteiger partial charge in [-0.25, -0.2) is 4.68 Å². The zero-order valence-electron chi connectivity index (χ0n) is 24.0. The predicted molar refractivity (Wildman–Crippen MR) is 156 cm³/mol. The van der Waals surface area contributed by atoms with Crippen molar-refractivity contribution in [1.82, 2.24) is 20.0 Å². The monoisotopic (exact) mass is 544 g/mol. The molecule has 1 aromatic heterocycles. The third-order valence-corrected chi connectivity index (χ3v) is 8.64. The third kappa shape index (κ3) is 6.07. The number of carbonyl (C=O) groups is 1. The fourth-order valence-electron chi connectivity index (χ4n) is 6.28. The second-order valence-electron chi connectivity index (χ2n) is 11.0. The molecular formula is C29H45ClN6O2. The van der Waals surface area contributed by atoms with Gasteiger partial charge in [0.2, 0.25) is 5.88 Å². The second kappa shape index (κ2) is 12.6. The van der Waals surface area contributed by atoms with Crippen LogP contribution in [-0.2, 0) is 13.6 Å². The molecule has 2 fully saturated rings. The van der Waals surface area contributed by atoms with Gasteiger partial charge in [0.25, 0.3) is 5.91 Å². The van der Waals surface area contributed by atoms with Gasteiger partial charge in [0.1, 0.15) is 0 Å². The number of hydrogen-bond acceptors (Lipinski definition) is 6. The van der Waals surface area contributed by atoms with Crippen LogP contribution in [0.3, 0.4) is 0 Å². The van der Waals surface area contributed by atoms with E-state index in [0.29, 0.717) is 35.1 Å². The summed E-state index contributed by atoms with van der Waals surface area (Å²) in [4.78, 5) is 20.7. The largest absolute Gasteiger partial charge is 0.481 e. The number of anilines is 2. The lowest BCUT2D eigenvalue weighted by Crippen LogP contribution is -2.42. The van der Waals surface area contributed by atoms with Crippen LogP contribution in [0.1, 0.15) is 73.4 Å². The van der Waals surface area contributed by atoms with Crippen molar-refractivity contribution in [3.8, 4) is 5.88 Å². The van der Waals surface area contributed by atoms with Gasteiger partial charge in [-0.1, -0.05) is 11.6 Å². The maximum atomic E-state index is 13.6. The highest BCUT2D eigenvalue weighted by Crippen LogP contribution is 2.35. The van der Waals surface area contributed by atoms with E-state index in [2.05, 4.69) is 41.0 Å². The molecule has 210 valence electrons. The Hall–Kier alpha value is -2.45. The molecule has 2 aliphatic rings. The van der Waals surface area contributed by atoms with Crippen LogP contribution in [0.15, 0.2) is 12.1 Å². The summed E-state index contributed by atoms with van der Waals surface area (Å²) in [6.07, 6.45) is 8.21. The van der Waals surface area contributed by atoms with Crippen LogP contribution in [0, 0.1) is 6.92 Å². The van der Waals surface area contributed by atoms with Crippen molar-refractivity contribution in [3.05, 3.63) is 33.8 Å². The number of aryl methyl sites for hydroxylation is 1. The number of piperidine rings is 1. The molecule has 0 spiro atoms. The molecule has 0 unspecified atom stereocenters. The highest BCUT2D eigenvalue weighted by molar-refractivity contribution is 6.31. The lowest BCUT2D eigenvalue weighted by Gasteiger charge is -2.40. The molecule has 1 aliphatic heterocycles. The van der Waals surface area contributed by atoms with Gasteiger partial charge in [-0.3, -0.25) is 4.79 Å². The van der Waals surface area contributed by atoms with E-state index in [4.69, 9.17) is 21.4 Å². The number of ether oxygens (including phenoxy) is 1. The minimum atomic E-state index is -0.130. The van der Waals surface area contributed by atoms with Crippen LogP contribution < -0.4 is 19.9 Å². The van der Waals surface area contributed by atoms with Gasteiger partial charge in [0, 0.05) is 55.0 Å². The molecule has 1 aromatic carbocycles. The summed E-state index contributed by atoms with van der Waals surface area (Å²) in [5.74, 6) is 1.45. The first kappa shape index (κ1) is 28.6. The first-order valence-electron chi connectivity index (χ1n) is 14.1. The highest BCUT2D eigenvalue weighted by atomic mass is 35.5. The van der Waals surface area contributed by atoms with Gasteiger partial charge in [-0.2, -0.15) is 5.10 Å². The number of benzene rings is 1. The first-order valence-corrected chi connectivity index (χ1v) is 14.5. The fourth-order valence-corrected chi connectivity index (χ4v) is 6.50. The van der Waals surface area contributed by atoms with Gasteiger partial charge in [0.15, 0.2) is 5.82 Å². The Labute approximate surface area is 233 Å². The molecule has 1 aliphatic carbocycles. The average Bonchev–Trinajstić information content (AvgIpc) is 3.25. The minimum Gasteiger partial charge on any atom is -0.481 e. The van der Waals surface area contributed by atoms with Gasteiger partial charge in [-0.15, -0.1) is 0 Å². The Balaban J connectivity index is 1.54. The maximum Gasteiger partial charge on any atom is 0.251 e. The zero-order chi connectivity index (χ0) is 27.4. The summed E-state index contributed by atoms with van der Waals surface area (Å²) in [5, 5.41) is 8.48. The van der Waals surface area contributed by atoms with E-state index in [1.165, 1.54) is 19.3 Å². The number of hydrogen-bond donors (Lipinski definition) is 1. The van der Waals surface area contributed by atoms with E-state index in [-0.39, 0.29) is 5.91 Å². The summed E-state index contributed by atoms with van der Waals surface area (Å²) in [6.45, 7) is 7.40. The van der Waals surface area contributed by atoms with Crippen molar-refractivity contribution in [2.45, 2.75) is 77.4 Å². The quantitative estimate of drug-likeness (QED) is 0.479. The number of halogens is 1. The molecule has 1 saturated heterocycles. The SMILES string of the molecule is CCN(c1cc(Cl)cc(C(=O)NCc2c(N3CCCCC3)nn(C)c2OC)c1C)C1CCC(N(C)C)CC1. The normalized spacial score (nSPS) is 20.1. The summed E-state index contributed by atoms with van der Waals surface area (Å²) in [7, 11) is 7.88. The number of methoxy groups -OCH3 is 1. The molecule has 8 nitrogen and oxygen atoms in total. The predicted octanol–water partition coefficient (Wildman–Crippen LogP) is 5.01. The van der Waals surface area contributed by atoms with E-state index in [1.807, 2.05) is 20.0 Å². The Morgan fingerprint density at radius 2 is 1.79 bits per heavy atom. The molecule has 2 heterocycles. The van der Waals surface area contributed by atoms with E-state index < -0.39 is 0 Å². The Morgan fingerprint density at radius 1 is 1.13 bits per heavy atom. The molecular weight excluding hydrogens is 500 g/mol. The smallest absolute Gasteiger partial charge is 0.251 e. The van der Waals surface area contributed by atoms with E-state index in [9.17, 15) is 4.79 Å². The van der Waals surface area contributed by atoms with Crippen molar-refractivity contribution in [3.63, 3.8) is 0 Å². The van der Waals surface area contributed by atoms with Crippen LogP contribution in [0.4, 0.5) is 11.5 Å². The van der Waals surface area contributed by atoms with E-state index in [1.54, 1.807) is 17.9 Å². The molecule has 1 N–H and O–H groups in total. The lowest BCUT2D eigenvalue weighted by molar-refractivity contribution is 0.0950. The number of rotatable bonds is 9. The van der Waals surface area contributed by atoms with Crippen LogP contribution >= 0.6 is 11.6 Å². The Kier molecular flexibility index (Phi) is 9.47. The molecule has 38 heavy (non-hydrogen) atoms. The van der Waals surface area contributed by atoms with Crippen LogP contribution in [0.2, 0.25) is 5.02 Å². The maximum absolute atomic E-state index is 13.6. The Morgan fingerprint density at radius 3 is 2.39 bits per heavy atom. The third-order valence-electron chi connectivity index (χ3n) is 8.42. The number of aromatic nitrogens is 2. The molecule has 4 rings (SSSR count). The number of nitrogens with zero attached hydrogens (tertiary/aromatic N) is 5. The summed E-state index contributed by atoms with van der Waals surface area (Å²) < 4.78 is 7.44. The van der Waals surface area contributed by atoms with E-state index >= 15 is 0 Å². The van der Waals surface area contributed by atoms with Crippen LogP contribution in [0.5, 0.6) is 5.88 Å². The topological polar surface area (TPSA) is 65.9 Å². The summed E-state index contributed by atoms with van der Waals surface area (Å²) in [5.41, 5.74) is 3.57. The number of amides is 1. The molecule has 2 aromatic rings. The fraction of sp³-hybridized carbons (Fsp3) is 0.655. The molecule has 0 atom stereocenters. The standard InChI is InChI=1S/C29H45ClN6O2/c1-7-36(23-13-11-22(12-14-23)33(3)4)26-18-21(30)17-24(20(26)2)28(37)31-19-25-27(32-34(5)29(25)38-6)35-15-9-8-10-16-35/h17-18,22-23H,7-16,19H2,1-6H3,(H,31,37).